The van der Waals surface area contributed by atoms with E-state index in [1.54, 1.807) is 0 Å². The fraction of sp³-hybridized carbons (Fsp3) is 0.500. The molecule has 1 aromatic heterocycles. The van der Waals surface area contributed by atoms with Gasteiger partial charge in [0.1, 0.15) is 0 Å². The van der Waals surface area contributed by atoms with Crippen LogP contribution in [0.15, 0.2) is 24.4 Å². The molecular weight excluding hydrogens is 250 g/mol. The maximum atomic E-state index is 5.41. The number of morpholine rings is 1. The van der Waals surface area contributed by atoms with Gasteiger partial charge in [0.25, 0.3) is 0 Å². The number of anilines is 1. The molecule has 3 rings (SSSR count). The number of benzene rings is 1. The monoisotopic (exact) mass is 273 g/mol. The first-order valence-electron chi connectivity index (χ1n) is 7.31. The zero-order chi connectivity index (χ0) is 13.9. The first-order chi connectivity index (χ1) is 9.74. The van der Waals surface area contributed by atoms with Gasteiger partial charge < -0.3 is 19.5 Å². The van der Waals surface area contributed by atoms with Crippen LogP contribution in [0.25, 0.3) is 10.9 Å². The summed E-state index contributed by atoms with van der Waals surface area (Å²) in [6.07, 6.45) is 3.24. The Morgan fingerprint density at radius 2 is 2.05 bits per heavy atom. The van der Waals surface area contributed by atoms with Crippen molar-refractivity contribution in [2.24, 2.45) is 0 Å². The Kier molecular flexibility index (Phi) is 3.94. The topological polar surface area (TPSA) is 31.5 Å². The predicted molar refractivity (Wildman–Crippen MR) is 83.6 cm³/mol. The number of ether oxygens (including phenoxy) is 1. The number of hydrogen-bond donors (Lipinski definition) is 1. The van der Waals surface area contributed by atoms with Crippen molar-refractivity contribution in [3.8, 4) is 0 Å². The molecule has 0 spiro atoms. The van der Waals surface area contributed by atoms with Crippen LogP contribution in [0.4, 0.5) is 5.69 Å². The lowest BCUT2D eigenvalue weighted by molar-refractivity contribution is 0.122. The molecule has 1 aromatic carbocycles. The molecule has 4 heteroatoms. The van der Waals surface area contributed by atoms with E-state index in [9.17, 15) is 0 Å². The number of rotatable bonds is 4. The molecule has 1 N–H and O–H groups in total. The van der Waals surface area contributed by atoms with E-state index in [1.807, 2.05) is 0 Å². The Morgan fingerprint density at radius 1 is 1.25 bits per heavy atom. The van der Waals surface area contributed by atoms with Gasteiger partial charge in [-0.1, -0.05) is 6.07 Å². The van der Waals surface area contributed by atoms with Gasteiger partial charge >= 0.3 is 0 Å². The summed E-state index contributed by atoms with van der Waals surface area (Å²) >= 11 is 0. The van der Waals surface area contributed by atoms with E-state index in [0.29, 0.717) is 0 Å². The number of likely N-dealkylation sites (N-methyl/N-ethyl adjacent to an activating group) is 1. The van der Waals surface area contributed by atoms with Crippen molar-refractivity contribution in [3.63, 3.8) is 0 Å². The molecule has 0 amide bonds. The SMILES string of the molecule is CN(C)CCc1c[nH]c2cc(N3CCOCC3)ccc12. The smallest absolute Gasteiger partial charge is 0.0642 e. The number of hydrogen-bond acceptors (Lipinski definition) is 3. The lowest BCUT2D eigenvalue weighted by Gasteiger charge is -2.28. The van der Waals surface area contributed by atoms with Crippen LogP contribution < -0.4 is 4.90 Å². The molecule has 2 aromatic rings. The lowest BCUT2D eigenvalue weighted by atomic mass is 10.1. The number of fused-ring (bicyclic) bond motifs is 1. The van der Waals surface area contributed by atoms with Crippen LogP contribution in [0.5, 0.6) is 0 Å². The summed E-state index contributed by atoms with van der Waals surface area (Å²) in [5, 5.41) is 1.35. The number of nitrogens with zero attached hydrogens (tertiary/aromatic N) is 2. The average Bonchev–Trinajstić information content (AvgIpc) is 2.88. The van der Waals surface area contributed by atoms with Gasteiger partial charge in [0.2, 0.25) is 0 Å². The Labute approximate surface area is 120 Å². The van der Waals surface area contributed by atoms with E-state index in [1.165, 1.54) is 22.2 Å². The third kappa shape index (κ3) is 2.81. The first kappa shape index (κ1) is 13.5. The van der Waals surface area contributed by atoms with Crippen molar-refractivity contribution in [2.75, 3.05) is 51.8 Å². The van der Waals surface area contributed by atoms with Crippen molar-refractivity contribution in [1.82, 2.24) is 9.88 Å². The zero-order valence-corrected chi connectivity index (χ0v) is 12.4. The zero-order valence-electron chi connectivity index (χ0n) is 12.4. The van der Waals surface area contributed by atoms with Crippen LogP contribution in [0.1, 0.15) is 5.56 Å². The molecule has 1 aliphatic heterocycles. The minimum atomic E-state index is 0.830. The highest BCUT2D eigenvalue weighted by molar-refractivity contribution is 5.86. The van der Waals surface area contributed by atoms with Gasteiger partial charge in [-0.25, -0.2) is 0 Å². The third-order valence-electron chi connectivity index (χ3n) is 3.96. The van der Waals surface area contributed by atoms with Crippen LogP contribution >= 0.6 is 0 Å². The molecule has 0 radical (unpaired) electrons. The first-order valence-corrected chi connectivity index (χ1v) is 7.31. The molecule has 108 valence electrons. The molecule has 0 aliphatic carbocycles. The van der Waals surface area contributed by atoms with Gasteiger partial charge in [0, 0.05) is 42.4 Å². The third-order valence-corrected chi connectivity index (χ3v) is 3.96. The number of nitrogens with one attached hydrogen (secondary N) is 1. The summed E-state index contributed by atoms with van der Waals surface area (Å²) in [5.74, 6) is 0. The van der Waals surface area contributed by atoms with E-state index >= 15 is 0 Å². The van der Waals surface area contributed by atoms with E-state index < -0.39 is 0 Å². The normalized spacial score (nSPS) is 16.2. The highest BCUT2D eigenvalue weighted by Gasteiger charge is 2.12. The highest BCUT2D eigenvalue weighted by Crippen LogP contribution is 2.25. The molecule has 0 unspecified atom stereocenters. The van der Waals surface area contributed by atoms with Gasteiger partial charge in [0.15, 0.2) is 0 Å². The van der Waals surface area contributed by atoms with Crippen molar-refractivity contribution in [1.29, 1.82) is 0 Å². The van der Waals surface area contributed by atoms with Crippen molar-refractivity contribution in [2.45, 2.75) is 6.42 Å². The standard InChI is InChI=1S/C16H23N3O/c1-18(2)6-5-13-12-17-16-11-14(3-4-15(13)16)19-7-9-20-10-8-19/h3-4,11-12,17H,5-10H2,1-2H3. The fourth-order valence-electron chi connectivity index (χ4n) is 2.74. The van der Waals surface area contributed by atoms with Crippen LogP contribution in [-0.4, -0.2) is 56.8 Å². The maximum Gasteiger partial charge on any atom is 0.0642 e. The molecular formula is C16H23N3O. The van der Waals surface area contributed by atoms with E-state index in [4.69, 9.17) is 4.74 Å². The second-order valence-corrected chi connectivity index (χ2v) is 5.70. The second-order valence-electron chi connectivity index (χ2n) is 5.70. The molecule has 0 bridgehead atoms. The molecule has 0 saturated carbocycles. The van der Waals surface area contributed by atoms with Crippen molar-refractivity contribution in [3.05, 3.63) is 30.0 Å². The Bertz CT molecular complexity index is 570. The van der Waals surface area contributed by atoms with Gasteiger partial charge in [0.05, 0.1) is 13.2 Å². The number of aromatic nitrogens is 1. The summed E-state index contributed by atoms with van der Waals surface area (Å²) < 4.78 is 5.41. The molecule has 1 saturated heterocycles. The van der Waals surface area contributed by atoms with Gasteiger partial charge in [-0.2, -0.15) is 0 Å². The van der Waals surface area contributed by atoms with E-state index in [0.717, 1.165) is 39.3 Å². The largest absolute Gasteiger partial charge is 0.378 e. The van der Waals surface area contributed by atoms with Gasteiger partial charge in [-0.3, -0.25) is 0 Å². The summed E-state index contributed by atoms with van der Waals surface area (Å²) in [6, 6.07) is 6.75. The summed E-state index contributed by atoms with van der Waals surface area (Å²) in [5.41, 5.74) is 3.94. The van der Waals surface area contributed by atoms with Gasteiger partial charge in [-0.05, 0) is 38.2 Å². The average molecular weight is 273 g/mol. The molecule has 1 fully saturated rings. The maximum absolute atomic E-state index is 5.41. The number of aromatic amines is 1. The van der Waals surface area contributed by atoms with E-state index in [2.05, 4.69) is 53.3 Å². The predicted octanol–water partition coefficient (Wildman–Crippen LogP) is 2.11. The second kappa shape index (κ2) is 5.85. The quantitative estimate of drug-likeness (QED) is 0.926. The van der Waals surface area contributed by atoms with Crippen LogP contribution in [0.3, 0.4) is 0 Å². The Hall–Kier alpha value is -1.52. The Balaban J connectivity index is 1.81. The van der Waals surface area contributed by atoms with Crippen molar-refractivity contribution >= 4 is 16.6 Å². The fourth-order valence-corrected chi connectivity index (χ4v) is 2.74. The number of H-pyrrole nitrogens is 1. The summed E-state index contributed by atoms with van der Waals surface area (Å²) in [6.45, 7) is 4.71. The minimum Gasteiger partial charge on any atom is -0.378 e. The molecule has 4 nitrogen and oxygen atoms in total. The van der Waals surface area contributed by atoms with Crippen LogP contribution in [0, 0.1) is 0 Å². The highest BCUT2D eigenvalue weighted by atomic mass is 16.5. The molecule has 1 aliphatic rings. The Morgan fingerprint density at radius 3 is 2.80 bits per heavy atom. The molecule has 2 heterocycles. The van der Waals surface area contributed by atoms with Gasteiger partial charge in [-0.15, -0.1) is 0 Å². The van der Waals surface area contributed by atoms with E-state index in [-0.39, 0.29) is 0 Å². The van der Waals surface area contributed by atoms with Crippen LogP contribution in [-0.2, 0) is 11.2 Å². The molecule has 0 atom stereocenters. The minimum absolute atomic E-state index is 0.830. The lowest BCUT2D eigenvalue weighted by Crippen LogP contribution is -2.36. The molecule has 20 heavy (non-hydrogen) atoms. The summed E-state index contributed by atoms with van der Waals surface area (Å²) in [4.78, 5) is 8.03. The summed E-state index contributed by atoms with van der Waals surface area (Å²) in [7, 11) is 4.23. The van der Waals surface area contributed by atoms with Crippen LogP contribution in [0.2, 0.25) is 0 Å². The van der Waals surface area contributed by atoms with Crippen molar-refractivity contribution < 1.29 is 4.74 Å².